The summed E-state index contributed by atoms with van der Waals surface area (Å²) < 4.78 is 14.0. The highest BCUT2D eigenvalue weighted by Gasteiger charge is 2.23. The molecule has 0 bridgehead atoms. The zero-order valence-corrected chi connectivity index (χ0v) is 18.4. The van der Waals surface area contributed by atoms with Gasteiger partial charge in [-0.15, -0.1) is 0 Å². The van der Waals surface area contributed by atoms with Crippen LogP contribution < -0.4 is 15.5 Å². The first-order chi connectivity index (χ1) is 14.3. The van der Waals surface area contributed by atoms with Crippen LogP contribution in [0.5, 0.6) is 0 Å². The van der Waals surface area contributed by atoms with Crippen molar-refractivity contribution in [1.29, 1.82) is 0 Å². The first-order valence-electron chi connectivity index (χ1n) is 11.0. The third-order valence-corrected chi connectivity index (χ3v) is 6.11. The van der Waals surface area contributed by atoms with Crippen molar-refractivity contribution in [2.75, 3.05) is 57.8 Å². The maximum absolute atomic E-state index is 14.0. The van der Waals surface area contributed by atoms with E-state index >= 15 is 0 Å². The minimum atomic E-state index is -0.335. The number of nitrogens with one attached hydrogen (secondary N) is 2. The maximum Gasteiger partial charge on any atom is 0.315 e. The lowest BCUT2D eigenvalue weighted by atomic mass is 10.0. The second kappa shape index (κ2) is 10.4. The van der Waals surface area contributed by atoms with Gasteiger partial charge in [0.2, 0.25) is 0 Å². The van der Waals surface area contributed by atoms with Crippen molar-refractivity contribution in [2.45, 2.75) is 44.9 Å². The van der Waals surface area contributed by atoms with E-state index in [4.69, 9.17) is 0 Å². The van der Waals surface area contributed by atoms with Gasteiger partial charge in [-0.2, -0.15) is 0 Å². The number of urea groups is 1. The Kier molecular flexibility index (Phi) is 7.91. The number of aliphatic hydroxyl groups excluding tert-OH is 1. The van der Waals surface area contributed by atoms with Crippen LogP contribution in [0.3, 0.4) is 0 Å². The molecular formula is C22H36FN5O2. The van der Waals surface area contributed by atoms with Gasteiger partial charge < -0.3 is 25.5 Å². The topological polar surface area (TPSA) is 71.1 Å². The average molecular weight is 422 g/mol. The Labute approximate surface area is 179 Å². The zero-order valence-electron chi connectivity index (χ0n) is 18.4. The summed E-state index contributed by atoms with van der Waals surface area (Å²) in [6.45, 7) is 10.3. The molecular weight excluding hydrogens is 385 g/mol. The number of amides is 2. The number of piperazine rings is 1. The maximum atomic E-state index is 14.0. The first-order valence-corrected chi connectivity index (χ1v) is 11.0. The molecule has 2 fully saturated rings. The first kappa shape index (κ1) is 22.8. The molecule has 8 heteroatoms. The number of benzene rings is 1. The summed E-state index contributed by atoms with van der Waals surface area (Å²) in [7, 11) is 2.13. The predicted molar refractivity (Wildman–Crippen MR) is 117 cm³/mol. The molecule has 0 saturated carbocycles. The van der Waals surface area contributed by atoms with E-state index in [9.17, 15) is 14.3 Å². The lowest BCUT2D eigenvalue weighted by Gasteiger charge is -2.34. The number of hydrogen-bond acceptors (Lipinski definition) is 5. The van der Waals surface area contributed by atoms with Crippen molar-refractivity contribution in [3.8, 4) is 0 Å². The van der Waals surface area contributed by atoms with Crippen molar-refractivity contribution >= 4 is 11.7 Å². The van der Waals surface area contributed by atoms with Crippen molar-refractivity contribution in [3.05, 3.63) is 29.6 Å². The molecule has 0 aliphatic carbocycles. The Morgan fingerprint density at radius 3 is 2.47 bits per heavy atom. The Bertz CT molecular complexity index is 703. The quantitative estimate of drug-likeness (QED) is 0.653. The standard InChI is InChI=1S/C22H36FN5O2/c1-16(15-27-12-10-26(3)11-13-27)24-22(30)25-17(2)20-14-18(23)4-5-21(20)28-8-6-19(29)7-9-28/h4-5,14,16-17,19,29H,6-13,15H2,1-3H3,(H2,24,25,30). The van der Waals surface area contributed by atoms with Crippen LogP contribution in [-0.4, -0.2) is 85.9 Å². The highest BCUT2D eigenvalue weighted by molar-refractivity contribution is 5.75. The highest BCUT2D eigenvalue weighted by atomic mass is 19.1. The Balaban J connectivity index is 1.56. The third kappa shape index (κ3) is 6.30. The average Bonchev–Trinajstić information content (AvgIpc) is 2.70. The zero-order chi connectivity index (χ0) is 21.7. The monoisotopic (exact) mass is 421 g/mol. The van der Waals surface area contributed by atoms with Gasteiger partial charge in [0.15, 0.2) is 0 Å². The number of nitrogens with zero attached hydrogens (tertiary/aromatic N) is 3. The molecule has 2 unspecified atom stereocenters. The lowest BCUT2D eigenvalue weighted by molar-refractivity contribution is 0.144. The largest absolute Gasteiger partial charge is 0.393 e. The van der Waals surface area contributed by atoms with Crippen molar-refractivity contribution < 1.29 is 14.3 Å². The van der Waals surface area contributed by atoms with Gasteiger partial charge in [-0.05, 0) is 51.9 Å². The second-order valence-corrected chi connectivity index (χ2v) is 8.77. The molecule has 0 radical (unpaired) electrons. The van der Waals surface area contributed by atoms with Crippen LogP contribution in [0.25, 0.3) is 0 Å². The van der Waals surface area contributed by atoms with E-state index in [1.165, 1.54) is 12.1 Å². The van der Waals surface area contributed by atoms with Gasteiger partial charge in [-0.3, -0.25) is 4.90 Å². The smallest absolute Gasteiger partial charge is 0.315 e. The predicted octanol–water partition coefficient (Wildman–Crippen LogP) is 1.78. The van der Waals surface area contributed by atoms with Crippen LogP contribution in [0.2, 0.25) is 0 Å². The number of likely N-dealkylation sites (N-methyl/N-ethyl adjacent to an activating group) is 1. The molecule has 1 aromatic rings. The number of halogens is 1. The number of anilines is 1. The molecule has 0 aromatic heterocycles. The minimum absolute atomic E-state index is 0.0242. The molecule has 2 atom stereocenters. The fraction of sp³-hybridized carbons (Fsp3) is 0.682. The SMILES string of the molecule is CC(CN1CCN(C)CC1)NC(=O)NC(C)c1cc(F)ccc1N1CCC(O)CC1. The van der Waals surface area contributed by atoms with E-state index in [0.29, 0.717) is 12.8 Å². The Hall–Kier alpha value is -1.90. The molecule has 2 aliphatic rings. The molecule has 0 spiro atoms. The van der Waals surface area contributed by atoms with Gasteiger partial charge in [0.05, 0.1) is 12.1 Å². The summed E-state index contributed by atoms with van der Waals surface area (Å²) in [6.07, 6.45) is 1.12. The van der Waals surface area contributed by atoms with Crippen LogP contribution in [0, 0.1) is 5.82 Å². The Morgan fingerprint density at radius 2 is 1.80 bits per heavy atom. The van der Waals surface area contributed by atoms with Crippen LogP contribution in [-0.2, 0) is 0 Å². The fourth-order valence-corrected chi connectivity index (χ4v) is 4.27. The van der Waals surface area contributed by atoms with Gasteiger partial charge in [0.1, 0.15) is 5.82 Å². The van der Waals surface area contributed by atoms with E-state index in [1.54, 1.807) is 6.07 Å². The van der Waals surface area contributed by atoms with Crippen molar-refractivity contribution in [1.82, 2.24) is 20.4 Å². The van der Waals surface area contributed by atoms with E-state index in [0.717, 1.165) is 57.1 Å². The number of rotatable bonds is 6. The molecule has 7 nitrogen and oxygen atoms in total. The third-order valence-electron chi connectivity index (χ3n) is 6.11. The fourth-order valence-electron chi connectivity index (χ4n) is 4.27. The van der Waals surface area contributed by atoms with Crippen molar-refractivity contribution in [3.63, 3.8) is 0 Å². The van der Waals surface area contributed by atoms with Crippen LogP contribution in [0.15, 0.2) is 18.2 Å². The van der Waals surface area contributed by atoms with Gasteiger partial charge in [0.25, 0.3) is 0 Å². The number of aliphatic hydroxyl groups is 1. The summed E-state index contributed by atoms with van der Waals surface area (Å²) in [5.41, 5.74) is 1.68. The number of carbonyl (C=O) groups excluding carboxylic acids is 1. The van der Waals surface area contributed by atoms with Gasteiger partial charge in [0, 0.05) is 63.1 Å². The summed E-state index contributed by atoms with van der Waals surface area (Å²) in [5.74, 6) is -0.316. The molecule has 2 aliphatic heterocycles. The van der Waals surface area contributed by atoms with E-state index < -0.39 is 0 Å². The molecule has 2 saturated heterocycles. The van der Waals surface area contributed by atoms with Crippen LogP contribution >= 0.6 is 0 Å². The molecule has 3 rings (SSSR count). The van der Waals surface area contributed by atoms with Crippen LogP contribution in [0.4, 0.5) is 14.9 Å². The molecule has 168 valence electrons. The highest BCUT2D eigenvalue weighted by Crippen LogP contribution is 2.29. The lowest BCUT2D eigenvalue weighted by Crippen LogP contribution is -2.51. The second-order valence-electron chi connectivity index (χ2n) is 8.77. The number of carbonyl (C=O) groups is 1. The van der Waals surface area contributed by atoms with Gasteiger partial charge >= 0.3 is 6.03 Å². The van der Waals surface area contributed by atoms with Gasteiger partial charge in [-0.1, -0.05) is 0 Å². The van der Waals surface area contributed by atoms with E-state index in [2.05, 4.69) is 32.4 Å². The summed E-state index contributed by atoms with van der Waals surface area (Å²) in [6, 6.07) is 4.17. The minimum Gasteiger partial charge on any atom is -0.393 e. The molecule has 2 amide bonds. The number of hydrogen-bond donors (Lipinski definition) is 3. The molecule has 2 heterocycles. The van der Waals surface area contributed by atoms with E-state index in [1.807, 2.05) is 13.8 Å². The van der Waals surface area contributed by atoms with Crippen molar-refractivity contribution in [2.24, 2.45) is 0 Å². The summed E-state index contributed by atoms with van der Waals surface area (Å²) in [4.78, 5) is 19.4. The van der Waals surface area contributed by atoms with Gasteiger partial charge in [-0.25, -0.2) is 9.18 Å². The van der Waals surface area contributed by atoms with E-state index in [-0.39, 0.29) is 30.0 Å². The normalized spacial score (nSPS) is 21.3. The molecule has 3 N–H and O–H groups in total. The summed E-state index contributed by atoms with van der Waals surface area (Å²) in [5, 5.41) is 15.8. The molecule has 30 heavy (non-hydrogen) atoms. The number of piperidine rings is 1. The Morgan fingerprint density at radius 1 is 1.13 bits per heavy atom. The molecule has 1 aromatic carbocycles. The van der Waals surface area contributed by atoms with Crippen LogP contribution in [0.1, 0.15) is 38.3 Å². The summed E-state index contributed by atoms with van der Waals surface area (Å²) >= 11 is 0.